The highest BCUT2D eigenvalue weighted by molar-refractivity contribution is 5.85. The maximum atomic E-state index is 6.19. The van der Waals surface area contributed by atoms with Gasteiger partial charge in [0.2, 0.25) is 0 Å². The lowest BCUT2D eigenvalue weighted by Gasteiger charge is -2.40. The van der Waals surface area contributed by atoms with Crippen molar-refractivity contribution < 1.29 is 4.74 Å². The van der Waals surface area contributed by atoms with Gasteiger partial charge in [0, 0.05) is 10.9 Å². The van der Waals surface area contributed by atoms with Gasteiger partial charge in [-0.1, -0.05) is 18.2 Å². The average Bonchev–Trinajstić information content (AvgIpc) is 2.81. The minimum Gasteiger partial charge on any atom is -0.368 e. The third-order valence-electron chi connectivity index (χ3n) is 4.41. The Balaban J connectivity index is 1.93. The van der Waals surface area contributed by atoms with Crippen molar-refractivity contribution in [3.05, 3.63) is 35.5 Å². The summed E-state index contributed by atoms with van der Waals surface area (Å²) in [5.74, 6) is 0. The van der Waals surface area contributed by atoms with Gasteiger partial charge in [-0.15, -0.1) is 0 Å². The van der Waals surface area contributed by atoms with E-state index in [9.17, 15) is 0 Å². The zero-order valence-electron chi connectivity index (χ0n) is 10.5. The number of fused-ring (bicyclic) bond motifs is 4. The predicted octanol–water partition coefficient (Wildman–Crippen LogP) is 2.32. The SMILES string of the molecule is c1ccc2c3c([nH]c2c1)C1(CCNCC1)OCC3. The lowest BCUT2D eigenvalue weighted by molar-refractivity contribution is -0.0826. The van der Waals surface area contributed by atoms with Gasteiger partial charge in [-0.05, 0) is 44.0 Å². The molecule has 0 aliphatic carbocycles. The number of rotatable bonds is 0. The number of aromatic amines is 1. The monoisotopic (exact) mass is 242 g/mol. The second-order valence-corrected chi connectivity index (χ2v) is 5.37. The fourth-order valence-electron chi connectivity index (χ4n) is 3.49. The van der Waals surface area contributed by atoms with E-state index in [1.807, 2.05) is 0 Å². The number of nitrogens with one attached hydrogen (secondary N) is 2. The molecule has 0 amide bonds. The number of H-pyrrole nitrogens is 1. The second-order valence-electron chi connectivity index (χ2n) is 5.37. The smallest absolute Gasteiger partial charge is 0.110 e. The Labute approximate surface area is 107 Å². The molecule has 1 aromatic heterocycles. The molecular weight excluding hydrogens is 224 g/mol. The molecule has 0 bridgehead atoms. The standard InChI is InChI=1S/C15H18N2O/c1-2-4-13-11(3-1)12-5-10-18-15(14(12)17-13)6-8-16-9-7-15/h1-4,16-17H,5-10H2. The summed E-state index contributed by atoms with van der Waals surface area (Å²) in [4.78, 5) is 3.62. The molecular formula is C15H18N2O. The number of ether oxygens (including phenoxy) is 1. The summed E-state index contributed by atoms with van der Waals surface area (Å²) < 4.78 is 6.19. The fourth-order valence-corrected chi connectivity index (χ4v) is 3.49. The van der Waals surface area contributed by atoms with Crippen LogP contribution >= 0.6 is 0 Å². The molecule has 2 N–H and O–H groups in total. The fraction of sp³-hybridized carbons (Fsp3) is 0.467. The third-order valence-corrected chi connectivity index (χ3v) is 4.41. The number of hydrogen-bond donors (Lipinski definition) is 2. The van der Waals surface area contributed by atoms with Crippen LogP contribution in [0.4, 0.5) is 0 Å². The number of aromatic nitrogens is 1. The van der Waals surface area contributed by atoms with Gasteiger partial charge in [-0.3, -0.25) is 0 Å². The van der Waals surface area contributed by atoms with Crippen molar-refractivity contribution in [3.63, 3.8) is 0 Å². The van der Waals surface area contributed by atoms with Gasteiger partial charge >= 0.3 is 0 Å². The first-order chi connectivity index (χ1) is 8.89. The molecule has 0 unspecified atom stereocenters. The van der Waals surface area contributed by atoms with Crippen LogP contribution in [0.3, 0.4) is 0 Å². The Hall–Kier alpha value is -1.32. The van der Waals surface area contributed by atoms with E-state index < -0.39 is 0 Å². The third kappa shape index (κ3) is 1.38. The molecule has 94 valence electrons. The summed E-state index contributed by atoms with van der Waals surface area (Å²) in [6.45, 7) is 2.96. The molecule has 2 aromatic rings. The Kier molecular flexibility index (Phi) is 2.26. The zero-order chi connectivity index (χ0) is 12.0. The van der Waals surface area contributed by atoms with Crippen molar-refractivity contribution in [2.75, 3.05) is 19.7 Å². The first kappa shape index (κ1) is 10.6. The summed E-state index contributed by atoms with van der Waals surface area (Å²) in [5, 5.41) is 4.81. The first-order valence-electron chi connectivity index (χ1n) is 6.84. The maximum Gasteiger partial charge on any atom is 0.110 e. The van der Waals surface area contributed by atoms with Crippen LogP contribution in [0.25, 0.3) is 10.9 Å². The van der Waals surface area contributed by atoms with E-state index in [2.05, 4.69) is 34.6 Å². The topological polar surface area (TPSA) is 37.0 Å². The lowest BCUT2D eigenvalue weighted by atomic mass is 9.84. The van der Waals surface area contributed by atoms with Crippen LogP contribution < -0.4 is 5.32 Å². The quantitative estimate of drug-likeness (QED) is 0.744. The number of hydrogen-bond acceptors (Lipinski definition) is 2. The second kappa shape index (κ2) is 3.84. The number of para-hydroxylation sites is 1. The van der Waals surface area contributed by atoms with E-state index in [0.717, 1.165) is 39.0 Å². The molecule has 18 heavy (non-hydrogen) atoms. The van der Waals surface area contributed by atoms with Gasteiger partial charge in [0.25, 0.3) is 0 Å². The summed E-state index contributed by atoms with van der Waals surface area (Å²) >= 11 is 0. The molecule has 0 saturated carbocycles. The van der Waals surface area contributed by atoms with Crippen molar-refractivity contribution in [2.24, 2.45) is 0 Å². The Morgan fingerprint density at radius 1 is 1.11 bits per heavy atom. The van der Waals surface area contributed by atoms with E-state index in [1.54, 1.807) is 0 Å². The van der Waals surface area contributed by atoms with Crippen LogP contribution in [0.5, 0.6) is 0 Å². The highest BCUT2D eigenvalue weighted by Crippen LogP contribution is 2.42. The van der Waals surface area contributed by atoms with Gasteiger partial charge in [-0.2, -0.15) is 0 Å². The molecule has 3 nitrogen and oxygen atoms in total. The molecule has 0 atom stereocenters. The molecule has 3 heterocycles. The molecule has 3 heteroatoms. The van der Waals surface area contributed by atoms with Crippen LogP contribution in [0.15, 0.2) is 24.3 Å². The Bertz CT molecular complexity index is 581. The van der Waals surface area contributed by atoms with Crippen LogP contribution in [0.2, 0.25) is 0 Å². The highest BCUT2D eigenvalue weighted by Gasteiger charge is 2.40. The molecule has 1 saturated heterocycles. The molecule has 2 aliphatic heterocycles. The molecule has 0 radical (unpaired) electrons. The Morgan fingerprint density at radius 2 is 1.94 bits per heavy atom. The van der Waals surface area contributed by atoms with Gasteiger partial charge in [0.1, 0.15) is 5.60 Å². The van der Waals surface area contributed by atoms with Gasteiger partial charge in [0.15, 0.2) is 0 Å². The van der Waals surface area contributed by atoms with Crippen LogP contribution in [0, 0.1) is 0 Å². The molecule has 2 aliphatic rings. The summed E-state index contributed by atoms with van der Waals surface area (Å²) in [5.41, 5.74) is 4.03. The average molecular weight is 242 g/mol. The van der Waals surface area contributed by atoms with Crippen molar-refractivity contribution in [1.82, 2.24) is 10.3 Å². The highest BCUT2D eigenvalue weighted by atomic mass is 16.5. The van der Waals surface area contributed by atoms with E-state index in [1.165, 1.54) is 22.2 Å². The van der Waals surface area contributed by atoms with Crippen LogP contribution in [-0.2, 0) is 16.8 Å². The van der Waals surface area contributed by atoms with Crippen LogP contribution in [0.1, 0.15) is 24.1 Å². The van der Waals surface area contributed by atoms with Gasteiger partial charge in [-0.25, -0.2) is 0 Å². The van der Waals surface area contributed by atoms with Crippen molar-refractivity contribution in [3.8, 4) is 0 Å². The number of piperidine rings is 1. The number of benzene rings is 1. The molecule has 1 spiro atoms. The van der Waals surface area contributed by atoms with Crippen molar-refractivity contribution >= 4 is 10.9 Å². The lowest BCUT2D eigenvalue weighted by Crippen LogP contribution is -2.44. The first-order valence-corrected chi connectivity index (χ1v) is 6.84. The normalized spacial score (nSPS) is 22.2. The van der Waals surface area contributed by atoms with Gasteiger partial charge in [0.05, 0.1) is 12.3 Å². The molecule has 1 aromatic carbocycles. The van der Waals surface area contributed by atoms with E-state index >= 15 is 0 Å². The van der Waals surface area contributed by atoms with Crippen molar-refractivity contribution in [2.45, 2.75) is 24.9 Å². The largest absolute Gasteiger partial charge is 0.368 e. The predicted molar refractivity (Wildman–Crippen MR) is 71.7 cm³/mol. The summed E-state index contributed by atoms with van der Waals surface area (Å²) in [6.07, 6.45) is 3.19. The minimum atomic E-state index is -0.0577. The minimum absolute atomic E-state index is 0.0577. The Morgan fingerprint density at radius 3 is 2.83 bits per heavy atom. The van der Waals surface area contributed by atoms with E-state index in [4.69, 9.17) is 4.74 Å². The summed E-state index contributed by atoms with van der Waals surface area (Å²) in [7, 11) is 0. The van der Waals surface area contributed by atoms with Gasteiger partial charge < -0.3 is 15.0 Å². The summed E-state index contributed by atoms with van der Waals surface area (Å²) in [6, 6.07) is 8.62. The zero-order valence-corrected chi connectivity index (χ0v) is 10.5. The van der Waals surface area contributed by atoms with Crippen LogP contribution in [-0.4, -0.2) is 24.7 Å². The van der Waals surface area contributed by atoms with Crippen molar-refractivity contribution in [1.29, 1.82) is 0 Å². The molecule has 1 fully saturated rings. The van der Waals surface area contributed by atoms with E-state index in [-0.39, 0.29) is 5.60 Å². The molecule has 4 rings (SSSR count). The maximum absolute atomic E-state index is 6.19. The van der Waals surface area contributed by atoms with E-state index in [0.29, 0.717) is 0 Å².